The molecule has 3 N–H and O–H groups in total. The Morgan fingerprint density at radius 2 is 1.57 bits per heavy atom. The molecular formula is C10H9F6N3O4. The molecule has 0 saturated carbocycles. The van der Waals surface area contributed by atoms with Crippen LogP contribution >= 0.6 is 0 Å². The van der Waals surface area contributed by atoms with Crippen molar-refractivity contribution >= 4 is 0 Å². The molecule has 1 fully saturated rings. The van der Waals surface area contributed by atoms with Gasteiger partial charge in [-0.15, -0.1) is 10.2 Å². The Morgan fingerprint density at radius 3 is 2.00 bits per heavy atom. The summed E-state index contributed by atoms with van der Waals surface area (Å²) in [4.78, 5) is 2.75. The normalized spacial score (nSPS) is 29.1. The molecule has 0 radical (unpaired) electrons. The maximum absolute atomic E-state index is 12.9. The first-order valence-corrected chi connectivity index (χ1v) is 5.98. The lowest BCUT2D eigenvalue weighted by atomic mass is 10.0. The predicted octanol–water partition coefficient (Wildman–Crippen LogP) is 0.0632. The van der Waals surface area contributed by atoms with Gasteiger partial charge in [0.25, 0.3) is 5.82 Å². The second-order valence-corrected chi connectivity index (χ2v) is 4.62. The molecule has 0 amide bonds. The summed E-state index contributed by atoms with van der Waals surface area (Å²) in [5, 5.41) is 32.9. The number of aliphatic hydroxyl groups is 3. The molecule has 13 heteroatoms. The van der Waals surface area contributed by atoms with Crippen LogP contribution in [-0.4, -0.2) is 55.4 Å². The molecule has 0 spiro atoms. The van der Waals surface area contributed by atoms with Gasteiger partial charge in [0.05, 0.1) is 6.61 Å². The quantitative estimate of drug-likeness (QED) is 0.648. The Hall–Kier alpha value is -1.57. The molecule has 1 aliphatic heterocycles. The zero-order valence-corrected chi connectivity index (χ0v) is 10.9. The van der Waals surface area contributed by atoms with Crippen LogP contribution in [0.3, 0.4) is 0 Å². The number of ether oxygens (including phenoxy) is 1. The third-order valence-electron chi connectivity index (χ3n) is 3.05. The molecule has 130 valence electrons. The maximum Gasteiger partial charge on any atom is 0.453 e. The molecule has 1 saturated heterocycles. The number of aromatic nitrogens is 3. The standard InChI is InChI=1S/C10H9F6N3O4/c11-9(12,13)7-3(17-8(19-18-7)10(14,15)16)6-5(22)4(21)2(1-20)23-6/h2,4-6,20-22H,1H2/t2-,4-,5-,6+/m1/s1. The third kappa shape index (κ3) is 3.36. The summed E-state index contributed by atoms with van der Waals surface area (Å²) in [6, 6.07) is 0. The Morgan fingerprint density at radius 1 is 0.957 bits per heavy atom. The number of nitrogens with zero attached hydrogens (tertiary/aromatic N) is 3. The highest BCUT2D eigenvalue weighted by Gasteiger charge is 2.50. The molecule has 1 aromatic heterocycles. The molecule has 1 aromatic rings. The molecule has 7 nitrogen and oxygen atoms in total. The summed E-state index contributed by atoms with van der Waals surface area (Å²) in [6.07, 6.45) is -17.8. The summed E-state index contributed by atoms with van der Waals surface area (Å²) >= 11 is 0. The molecule has 4 atom stereocenters. The van der Waals surface area contributed by atoms with Crippen LogP contribution in [0.2, 0.25) is 0 Å². The van der Waals surface area contributed by atoms with E-state index >= 15 is 0 Å². The van der Waals surface area contributed by atoms with Crippen LogP contribution in [0.15, 0.2) is 0 Å². The van der Waals surface area contributed by atoms with Crippen LogP contribution in [0.4, 0.5) is 26.3 Å². The van der Waals surface area contributed by atoms with Crippen LogP contribution in [0.25, 0.3) is 0 Å². The summed E-state index contributed by atoms with van der Waals surface area (Å²) < 4.78 is 81.0. The number of hydrogen-bond acceptors (Lipinski definition) is 7. The van der Waals surface area contributed by atoms with Crippen molar-refractivity contribution in [3.05, 3.63) is 17.2 Å². The van der Waals surface area contributed by atoms with Crippen LogP contribution in [-0.2, 0) is 17.1 Å². The van der Waals surface area contributed by atoms with E-state index in [1.807, 2.05) is 0 Å². The van der Waals surface area contributed by atoms with Gasteiger partial charge in [0, 0.05) is 0 Å². The van der Waals surface area contributed by atoms with Gasteiger partial charge >= 0.3 is 12.4 Å². The maximum atomic E-state index is 12.9. The van der Waals surface area contributed by atoms with E-state index in [1.54, 1.807) is 0 Å². The van der Waals surface area contributed by atoms with Crippen molar-refractivity contribution < 1.29 is 46.4 Å². The summed E-state index contributed by atoms with van der Waals surface area (Å²) in [6.45, 7) is -0.874. The topological polar surface area (TPSA) is 109 Å². The lowest BCUT2D eigenvalue weighted by molar-refractivity contribution is -0.153. The minimum atomic E-state index is -5.22. The Bertz CT molecular complexity index is 581. The van der Waals surface area contributed by atoms with E-state index in [9.17, 15) is 36.6 Å². The molecule has 0 aliphatic carbocycles. The fourth-order valence-electron chi connectivity index (χ4n) is 1.98. The zero-order chi connectivity index (χ0) is 17.6. The van der Waals surface area contributed by atoms with Crippen LogP contribution in [0.5, 0.6) is 0 Å². The van der Waals surface area contributed by atoms with Gasteiger partial charge in [-0.3, -0.25) is 0 Å². The Balaban J connectivity index is 2.54. The lowest BCUT2D eigenvalue weighted by Gasteiger charge is -2.18. The first kappa shape index (κ1) is 17.8. The summed E-state index contributed by atoms with van der Waals surface area (Å²) in [5.41, 5.74) is -3.26. The van der Waals surface area contributed by atoms with Gasteiger partial charge in [0.15, 0.2) is 5.69 Å². The number of halogens is 6. The summed E-state index contributed by atoms with van der Waals surface area (Å²) in [7, 11) is 0. The van der Waals surface area contributed by atoms with Gasteiger partial charge in [-0.25, -0.2) is 4.98 Å². The number of hydrogen-bond donors (Lipinski definition) is 3. The number of alkyl halides is 6. The van der Waals surface area contributed by atoms with E-state index < -0.39 is 60.6 Å². The smallest absolute Gasteiger partial charge is 0.394 e. The van der Waals surface area contributed by atoms with Gasteiger partial charge in [-0.05, 0) is 0 Å². The Kier molecular flexibility index (Phi) is 4.49. The monoisotopic (exact) mass is 349 g/mol. The third-order valence-corrected chi connectivity index (χ3v) is 3.05. The van der Waals surface area contributed by atoms with E-state index in [0.717, 1.165) is 0 Å². The van der Waals surface area contributed by atoms with Gasteiger partial charge < -0.3 is 20.1 Å². The van der Waals surface area contributed by atoms with Crippen molar-refractivity contribution in [3.63, 3.8) is 0 Å². The van der Waals surface area contributed by atoms with E-state index in [0.29, 0.717) is 0 Å². The van der Waals surface area contributed by atoms with Gasteiger partial charge in [0.2, 0.25) is 0 Å². The molecule has 2 rings (SSSR count). The minimum Gasteiger partial charge on any atom is -0.394 e. The highest BCUT2D eigenvalue weighted by Crippen LogP contribution is 2.39. The average Bonchev–Trinajstić information content (AvgIpc) is 2.72. The Labute approximate surface area is 123 Å². The molecule has 0 bridgehead atoms. The molecule has 2 heterocycles. The van der Waals surface area contributed by atoms with Crippen LogP contribution < -0.4 is 0 Å². The van der Waals surface area contributed by atoms with Crippen molar-refractivity contribution in [1.29, 1.82) is 0 Å². The molecular weight excluding hydrogens is 340 g/mol. The van der Waals surface area contributed by atoms with Crippen molar-refractivity contribution in [2.24, 2.45) is 0 Å². The van der Waals surface area contributed by atoms with E-state index in [2.05, 4.69) is 15.2 Å². The van der Waals surface area contributed by atoms with Crippen molar-refractivity contribution in [3.8, 4) is 0 Å². The van der Waals surface area contributed by atoms with Crippen molar-refractivity contribution in [2.45, 2.75) is 36.8 Å². The number of aliphatic hydroxyl groups excluding tert-OH is 3. The second-order valence-electron chi connectivity index (χ2n) is 4.62. The van der Waals surface area contributed by atoms with Crippen molar-refractivity contribution in [1.82, 2.24) is 15.2 Å². The van der Waals surface area contributed by atoms with Gasteiger partial charge in [0.1, 0.15) is 30.1 Å². The fraction of sp³-hybridized carbons (Fsp3) is 0.700. The van der Waals surface area contributed by atoms with Crippen molar-refractivity contribution in [2.75, 3.05) is 6.61 Å². The van der Waals surface area contributed by atoms with Crippen LogP contribution in [0, 0.1) is 0 Å². The van der Waals surface area contributed by atoms with Gasteiger partial charge in [-0.2, -0.15) is 26.3 Å². The van der Waals surface area contributed by atoms with E-state index in [-0.39, 0.29) is 0 Å². The molecule has 0 unspecified atom stereocenters. The summed E-state index contributed by atoms with van der Waals surface area (Å²) in [5.74, 6) is -1.96. The average molecular weight is 349 g/mol. The largest absolute Gasteiger partial charge is 0.453 e. The first-order chi connectivity index (χ1) is 10.5. The van der Waals surface area contributed by atoms with E-state index in [4.69, 9.17) is 9.84 Å². The van der Waals surface area contributed by atoms with E-state index in [1.165, 1.54) is 0 Å². The zero-order valence-electron chi connectivity index (χ0n) is 10.9. The van der Waals surface area contributed by atoms with Gasteiger partial charge in [-0.1, -0.05) is 0 Å². The molecule has 23 heavy (non-hydrogen) atoms. The molecule has 0 aromatic carbocycles. The minimum absolute atomic E-state index is 0.874. The first-order valence-electron chi connectivity index (χ1n) is 5.98. The highest BCUT2D eigenvalue weighted by molar-refractivity contribution is 5.20. The second kappa shape index (κ2) is 5.81. The lowest BCUT2D eigenvalue weighted by Crippen LogP contribution is -2.33. The molecule has 1 aliphatic rings. The van der Waals surface area contributed by atoms with Crippen LogP contribution in [0.1, 0.15) is 23.3 Å². The SMILES string of the molecule is OC[C@H]1O[C@@H](c2nc(C(F)(F)F)nnc2C(F)(F)F)[C@H](O)[C@@H]1O. The predicted molar refractivity (Wildman–Crippen MR) is 56.5 cm³/mol. The number of rotatable bonds is 2. The highest BCUT2D eigenvalue weighted by atomic mass is 19.4. The fourth-order valence-corrected chi connectivity index (χ4v) is 1.98.